The number of anilines is 1. The molecular formula is C29H31ClF3N3O4S. The summed E-state index contributed by atoms with van der Waals surface area (Å²) in [5.41, 5.74) is 0.714. The zero-order valence-electron chi connectivity index (χ0n) is 23.0. The third kappa shape index (κ3) is 7.59. The van der Waals surface area contributed by atoms with Crippen molar-refractivity contribution < 1.29 is 31.2 Å². The molecule has 3 aromatic rings. The molecule has 1 N–H and O–H groups in total. The number of amides is 2. The Labute approximate surface area is 243 Å². The van der Waals surface area contributed by atoms with Crippen LogP contribution in [0.5, 0.6) is 0 Å². The molecule has 0 saturated heterocycles. The highest BCUT2D eigenvalue weighted by atomic mass is 35.5. The van der Waals surface area contributed by atoms with E-state index in [1.54, 1.807) is 38.1 Å². The van der Waals surface area contributed by atoms with E-state index in [2.05, 4.69) is 5.32 Å². The van der Waals surface area contributed by atoms with Crippen LogP contribution in [0.25, 0.3) is 0 Å². The number of sulfonamides is 1. The fraction of sp³-hybridized carbons (Fsp3) is 0.310. The lowest BCUT2D eigenvalue weighted by molar-refractivity contribution is -0.140. The third-order valence-corrected chi connectivity index (χ3v) is 8.62. The normalized spacial score (nSPS) is 12.5. The number of carbonyl (C=O) groups excluding carboxylic acids is 2. The number of alkyl halides is 3. The number of likely N-dealkylation sites (N-methyl/N-ethyl adjacent to an activating group) is 1. The van der Waals surface area contributed by atoms with Gasteiger partial charge >= 0.3 is 6.18 Å². The van der Waals surface area contributed by atoms with Gasteiger partial charge < -0.3 is 10.2 Å². The molecular weight excluding hydrogens is 579 g/mol. The molecule has 0 radical (unpaired) electrons. The second-order valence-electron chi connectivity index (χ2n) is 9.54. The van der Waals surface area contributed by atoms with E-state index in [1.807, 2.05) is 19.1 Å². The van der Waals surface area contributed by atoms with Gasteiger partial charge in [0.2, 0.25) is 11.8 Å². The van der Waals surface area contributed by atoms with Crippen LogP contribution < -0.4 is 9.62 Å². The Morgan fingerprint density at radius 1 is 0.976 bits per heavy atom. The first-order valence-corrected chi connectivity index (χ1v) is 14.5. The molecule has 0 aromatic heterocycles. The van der Waals surface area contributed by atoms with Crippen molar-refractivity contribution in [3.63, 3.8) is 0 Å². The number of halogens is 4. The van der Waals surface area contributed by atoms with Gasteiger partial charge in [-0.25, -0.2) is 8.42 Å². The summed E-state index contributed by atoms with van der Waals surface area (Å²) in [5.74, 6) is -1.24. The maximum atomic E-state index is 13.9. The standard InChI is InChI=1S/C29H31ClF3N3O4S/c1-5-26(28(38)34-4)35(17-21-8-6-7-20(3)15-21)27(37)18-36(41(39,40)23-12-9-19(2)10-13-23)22-11-14-25(30)24(16-22)29(31,32)33/h6-16,26H,5,17-18H2,1-4H3,(H,34,38)/t26-/m1/s1. The highest BCUT2D eigenvalue weighted by Gasteiger charge is 2.37. The van der Waals surface area contributed by atoms with E-state index < -0.39 is 56.9 Å². The lowest BCUT2D eigenvalue weighted by atomic mass is 10.1. The molecule has 0 aliphatic carbocycles. The van der Waals surface area contributed by atoms with Gasteiger partial charge in [-0.2, -0.15) is 13.2 Å². The minimum absolute atomic E-state index is 0.0285. The van der Waals surface area contributed by atoms with Crippen LogP contribution in [0.1, 0.15) is 35.6 Å². The van der Waals surface area contributed by atoms with Crippen molar-refractivity contribution >= 4 is 39.1 Å². The van der Waals surface area contributed by atoms with Crippen molar-refractivity contribution in [3.05, 3.63) is 94.0 Å². The molecule has 7 nitrogen and oxygen atoms in total. The van der Waals surface area contributed by atoms with Gasteiger partial charge in [-0.05, 0) is 56.2 Å². The van der Waals surface area contributed by atoms with Crippen LogP contribution in [0.4, 0.5) is 18.9 Å². The van der Waals surface area contributed by atoms with Crippen molar-refractivity contribution in [1.82, 2.24) is 10.2 Å². The van der Waals surface area contributed by atoms with Gasteiger partial charge in [-0.3, -0.25) is 13.9 Å². The molecule has 1 atom stereocenters. The van der Waals surface area contributed by atoms with Crippen molar-refractivity contribution in [3.8, 4) is 0 Å². The summed E-state index contributed by atoms with van der Waals surface area (Å²) < 4.78 is 69.5. The minimum Gasteiger partial charge on any atom is -0.357 e. The Kier molecular flexibility index (Phi) is 10.1. The molecule has 220 valence electrons. The zero-order valence-corrected chi connectivity index (χ0v) is 24.6. The number of nitrogens with one attached hydrogen (secondary N) is 1. The maximum absolute atomic E-state index is 13.9. The Balaban J connectivity index is 2.15. The quantitative estimate of drug-likeness (QED) is 0.318. The number of carbonyl (C=O) groups is 2. The van der Waals surface area contributed by atoms with Crippen LogP contribution in [-0.4, -0.2) is 44.8 Å². The van der Waals surface area contributed by atoms with E-state index >= 15 is 0 Å². The Morgan fingerprint density at radius 2 is 1.63 bits per heavy atom. The molecule has 0 bridgehead atoms. The lowest BCUT2D eigenvalue weighted by Crippen LogP contribution is -2.51. The van der Waals surface area contributed by atoms with E-state index in [0.29, 0.717) is 15.9 Å². The molecule has 2 amide bonds. The van der Waals surface area contributed by atoms with Gasteiger partial charge in [-0.15, -0.1) is 0 Å². The van der Waals surface area contributed by atoms with Gasteiger partial charge in [0.05, 0.1) is 21.2 Å². The summed E-state index contributed by atoms with van der Waals surface area (Å²) in [6.45, 7) is 4.42. The predicted molar refractivity (Wildman–Crippen MR) is 152 cm³/mol. The summed E-state index contributed by atoms with van der Waals surface area (Å²) in [4.78, 5) is 27.7. The van der Waals surface area contributed by atoms with Crippen molar-refractivity contribution in [1.29, 1.82) is 0 Å². The average molecular weight is 610 g/mol. The summed E-state index contributed by atoms with van der Waals surface area (Å²) in [5, 5.41) is 1.90. The smallest absolute Gasteiger partial charge is 0.357 e. The minimum atomic E-state index is -4.87. The number of benzene rings is 3. The second-order valence-corrected chi connectivity index (χ2v) is 11.8. The van der Waals surface area contributed by atoms with E-state index in [9.17, 15) is 31.2 Å². The van der Waals surface area contributed by atoms with Crippen LogP contribution in [0.2, 0.25) is 5.02 Å². The van der Waals surface area contributed by atoms with Gasteiger partial charge in [0.15, 0.2) is 0 Å². The van der Waals surface area contributed by atoms with E-state index in [-0.39, 0.29) is 17.9 Å². The Bertz CT molecular complexity index is 1510. The average Bonchev–Trinajstić information content (AvgIpc) is 2.91. The highest BCUT2D eigenvalue weighted by Crippen LogP contribution is 2.38. The van der Waals surface area contributed by atoms with Crippen molar-refractivity contribution in [2.45, 2.75) is 50.9 Å². The molecule has 41 heavy (non-hydrogen) atoms. The molecule has 3 rings (SSSR count). The van der Waals surface area contributed by atoms with Crippen LogP contribution in [0.3, 0.4) is 0 Å². The van der Waals surface area contributed by atoms with Gasteiger partial charge in [0.1, 0.15) is 12.6 Å². The molecule has 12 heteroatoms. The van der Waals surface area contributed by atoms with Gasteiger partial charge in [0.25, 0.3) is 10.0 Å². The highest BCUT2D eigenvalue weighted by molar-refractivity contribution is 7.92. The molecule has 0 heterocycles. The predicted octanol–water partition coefficient (Wildman–Crippen LogP) is 5.72. The lowest BCUT2D eigenvalue weighted by Gasteiger charge is -2.33. The first-order valence-electron chi connectivity index (χ1n) is 12.7. The third-order valence-electron chi connectivity index (χ3n) is 6.50. The maximum Gasteiger partial charge on any atom is 0.417 e. The first kappa shape index (κ1) is 32.0. The topological polar surface area (TPSA) is 86.8 Å². The molecule has 0 fully saturated rings. The second kappa shape index (κ2) is 12.9. The van der Waals surface area contributed by atoms with Gasteiger partial charge in [-0.1, -0.05) is 66.0 Å². The summed E-state index contributed by atoms with van der Waals surface area (Å²) >= 11 is 5.80. The SMILES string of the molecule is CC[C@H](C(=O)NC)N(Cc1cccc(C)c1)C(=O)CN(c1ccc(Cl)c(C(F)(F)F)c1)S(=O)(=O)c1ccc(C)cc1. The summed E-state index contributed by atoms with van der Waals surface area (Å²) in [7, 11) is -3.12. The zero-order chi connectivity index (χ0) is 30.5. The number of hydrogen-bond acceptors (Lipinski definition) is 4. The number of nitrogens with zero attached hydrogens (tertiary/aromatic N) is 2. The molecule has 0 aliphatic rings. The summed E-state index contributed by atoms with van der Waals surface area (Å²) in [6.07, 6.45) is -4.67. The molecule has 0 saturated carbocycles. The monoisotopic (exact) mass is 609 g/mol. The Morgan fingerprint density at radius 3 is 2.20 bits per heavy atom. The van der Waals surface area contributed by atoms with Crippen LogP contribution in [0, 0.1) is 13.8 Å². The van der Waals surface area contributed by atoms with Gasteiger partial charge in [0, 0.05) is 13.6 Å². The number of aryl methyl sites for hydroxylation is 2. The van der Waals surface area contributed by atoms with E-state index in [1.165, 1.54) is 24.1 Å². The fourth-order valence-corrected chi connectivity index (χ4v) is 5.98. The molecule has 0 aliphatic heterocycles. The van der Waals surface area contributed by atoms with Crippen LogP contribution >= 0.6 is 11.6 Å². The number of rotatable bonds is 10. The molecule has 0 spiro atoms. The largest absolute Gasteiger partial charge is 0.417 e. The molecule has 0 unspecified atom stereocenters. The fourth-order valence-electron chi connectivity index (χ4n) is 4.35. The van der Waals surface area contributed by atoms with Crippen LogP contribution in [0.15, 0.2) is 71.6 Å². The van der Waals surface area contributed by atoms with E-state index in [4.69, 9.17) is 11.6 Å². The van der Waals surface area contributed by atoms with E-state index in [0.717, 1.165) is 23.3 Å². The molecule has 3 aromatic carbocycles. The van der Waals surface area contributed by atoms with Crippen molar-refractivity contribution in [2.75, 3.05) is 17.9 Å². The van der Waals surface area contributed by atoms with Crippen LogP contribution in [-0.2, 0) is 32.3 Å². The Hall–Kier alpha value is -3.57. The summed E-state index contributed by atoms with van der Waals surface area (Å²) in [6, 6.07) is 14.6. The van der Waals surface area contributed by atoms with Crippen molar-refractivity contribution in [2.24, 2.45) is 0 Å². The first-order chi connectivity index (χ1) is 19.2. The number of hydrogen-bond donors (Lipinski definition) is 1.